The maximum absolute atomic E-state index is 14.0. The maximum atomic E-state index is 14.0. The van der Waals surface area contributed by atoms with Crippen molar-refractivity contribution in [1.29, 1.82) is 10.8 Å². The second-order valence-corrected chi connectivity index (χ2v) is 19.0. The van der Waals surface area contributed by atoms with Gasteiger partial charge in [-0.3, -0.25) is 58.8 Å². The third kappa shape index (κ3) is 26.5. The third-order valence-corrected chi connectivity index (χ3v) is 11.9. The second-order valence-electron chi connectivity index (χ2n) is 19.0. The zero-order valence-corrected chi connectivity index (χ0v) is 44.1. The molecule has 22 N–H and O–H groups in total. The van der Waals surface area contributed by atoms with Crippen LogP contribution in [0.2, 0.25) is 0 Å². The highest BCUT2D eigenvalue weighted by molar-refractivity contribution is 5.98. The van der Waals surface area contributed by atoms with E-state index in [-0.39, 0.29) is 63.0 Å². The number of unbranched alkanes of at least 4 members (excludes halogenated alkanes) is 1. The van der Waals surface area contributed by atoms with Crippen LogP contribution in [0.5, 0.6) is 0 Å². The van der Waals surface area contributed by atoms with Gasteiger partial charge in [-0.2, -0.15) is 0 Å². The normalized spacial score (nSPS) is 15.2. The minimum Gasteiger partial charge on any atom is -0.370 e. The van der Waals surface area contributed by atoms with Crippen molar-refractivity contribution in [3.8, 4) is 0 Å². The fourth-order valence-corrected chi connectivity index (χ4v) is 7.08. The van der Waals surface area contributed by atoms with Crippen molar-refractivity contribution in [1.82, 2.24) is 53.2 Å². The molecule has 0 radical (unpaired) electrons. The zero-order valence-electron chi connectivity index (χ0n) is 44.1. The maximum Gasteiger partial charge on any atom is 0.243 e. The molecule has 10 atom stereocenters. The first-order valence-electron chi connectivity index (χ1n) is 24.9. The summed E-state index contributed by atoms with van der Waals surface area (Å²) >= 11 is 0. The number of rotatable bonds is 36. The molecule has 0 aliphatic heterocycles. The number of hydrogen-bond acceptors (Lipinski definition) is 13. The summed E-state index contributed by atoms with van der Waals surface area (Å²) in [4.78, 5) is 133. The van der Waals surface area contributed by atoms with Crippen molar-refractivity contribution in [2.75, 3.05) is 19.6 Å². The number of carbonyl (C=O) groups is 10. The van der Waals surface area contributed by atoms with Gasteiger partial charge < -0.3 is 81.8 Å². The molecule has 0 fully saturated rings. The molecule has 73 heavy (non-hydrogen) atoms. The summed E-state index contributed by atoms with van der Waals surface area (Å²) in [5.41, 5.74) is 27.3. The van der Waals surface area contributed by atoms with Crippen molar-refractivity contribution >= 4 is 71.0 Å². The highest BCUT2D eigenvalue weighted by Gasteiger charge is 2.35. The van der Waals surface area contributed by atoms with E-state index in [1.807, 2.05) is 6.92 Å². The molecule has 27 heteroatoms. The van der Waals surface area contributed by atoms with E-state index in [1.165, 1.54) is 13.8 Å². The minimum absolute atomic E-state index is 0.0261. The number of carbonyl (C=O) groups excluding carboxylic acids is 10. The summed E-state index contributed by atoms with van der Waals surface area (Å²) in [6.45, 7) is 15.3. The molecular weight excluding hydrogens is 951 g/mol. The van der Waals surface area contributed by atoms with Gasteiger partial charge in [0.1, 0.15) is 48.3 Å². The van der Waals surface area contributed by atoms with Gasteiger partial charge in [-0.1, -0.05) is 54.9 Å². The Bertz CT molecular complexity index is 1890. The van der Waals surface area contributed by atoms with Crippen molar-refractivity contribution in [3.05, 3.63) is 0 Å². The molecule has 0 saturated carbocycles. The molecule has 0 aromatic heterocycles. The van der Waals surface area contributed by atoms with Crippen LogP contribution in [0, 0.1) is 34.5 Å². The monoisotopic (exact) mass is 1040 g/mol. The van der Waals surface area contributed by atoms with Crippen LogP contribution in [0.25, 0.3) is 0 Å². The van der Waals surface area contributed by atoms with Gasteiger partial charge >= 0.3 is 0 Å². The van der Waals surface area contributed by atoms with Crippen LogP contribution in [-0.4, -0.2) is 139 Å². The Morgan fingerprint density at radius 1 is 0.438 bits per heavy atom. The van der Waals surface area contributed by atoms with E-state index in [0.29, 0.717) is 38.6 Å². The third-order valence-electron chi connectivity index (χ3n) is 11.9. The summed E-state index contributed by atoms with van der Waals surface area (Å²) in [7, 11) is 0. The quantitative estimate of drug-likeness (QED) is 0.0163. The number of amides is 10. The molecule has 0 aliphatic rings. The lowest BCUT2D eigenvalue weighted by atomic mass is 9.98. The zero-order chi connectivity index (χ0) is 56.1. The fraction of sp³-hybridized carbons (Fsp3) is 0.739. The van der Waals surface area contributed by atoms with E-state index in [9.17, 15) is 47.9 Å². The van der Waals surface area contributed by atoms with Crippen molar-refractivity contribution in [3.63, 3.8) is 0 Å². The summed E-state index contributed by atoms with van der Waals surface area (Å²) < 4.78 is 0. The van der Waals surface area contributed by atoms with Gasteiger partial charge in [-0.25, -0.2) is 0 Å². The average molecular weight is 1040 g/mol. The number of nitrogens with two attached hydrogens (primary N) is 5. The van der Waals surface area contributed by atoms with Crippen LogP contribution >= 0.6 is 0 Å². The van der Waals surface area contributed by atoms with Crippen LogP contribution in [0.15, 0.2) is 0 Å². The van der Waals surface area contributed by atoms with Crippen LogP contribution < -0.4 is 81.8 Å². The predicted octanol–water partition coefficient (Wildman–Crippen LogP) is -3.69. The van der Waals surface area contributed by atoms with Gasteiger partial charge in [0.05, 0.1) is 0 Å². The van der Waals surface area contributed by atoms with Gasteiger partial charge in [0, 0.05) is 25.4 Å². The van der Waals surface area contributed by atoms with Crippen molar-refractivity contribution in [2.45, 2.75) is 175 Å². The van der Waals surface area contributed by atoms with E-state index < -0.39 is 125 Å². The van der Waals surface area contributed by atoms with Crippen LogP contribution in [0.4, 0.5) is 0 Å². The lowest BCUT2D eigenvalue weighted by molar-refractivity contribution is -0.136. The Labute approximate surface area is 428 Å². The molecule has 0 bridgehead atoms. The molecule has 0 saturated heterocycles. The summed E-state index contributed by atoms with van der Waals surface area (Å²) in [5, 5.41) is 40.9. The number of guanidine groups is 2. The van der Waals surface area contributed by atoms with E-state index in [1.54, 1.807) is 41.5 Å². The summed E-state index contributed by atoms with van der Waals surface area (Å²) in [5.74, 6) is -9.84. The highest BCUT2D eigenvalue weighted by Crippen LogP contribution is 2.12. The van der Waals surface area contributed by atoms with E-state index in [2.05, 4.69) is 53.2 Å². The van der Waals surface area contributed by atoms with Crippen LogP contribution in [0.1, 0.15) is 127 Å². The number of primary amides is 2. The molecule has 416 valence electrons. The molecule has 0 aliphatic carbocycles. The molecule has 0 aromatic carbocycles. The Hall–Kier alpha value is -6.80. The van der Waals surface area contributed by atoms with Gasteiger partial charge in [0.2, 0.25) is 59.1 Å². The van der Waals surface area contributed by atoms with E-state index in [4.69, 9.17) is 39.5 Å². The Morgan fingerprint density at radius 2 is 0.822 bits per heavy atom. The molecular formula is C46H87N17O10. The molecule has 10 amide bonds. The SMILES string of the molecule is CC[C@H](C)[C@H](NC(=O)[C@H](C)NC(=O)[C@@H](NC(=O)[C@H](CCCNC(=N)N)NC(=O)[C@@H](NC(=O)[C@H](C)NC(=O)[C@H](CCCCN)NC(=O)[C@H](CCC(N)=O)NC(=O)[C@@H](C)CCCNC(=N)N)C(C)C)C(C)C)C(N)=O. The number of nitrogens with one attached hydrogen (secondary N) is 12. The smallest absolute Gasteiger partial charge is 0.243 e. The molecule has 0 heterocycles. The van der Waals surface area contributed by atoms with Gasteiger partial charge in [-0.05, 0) is 89.5 Å². The van der Waals surface area contributed by atoms with Crippen molar-refractivity contribution in [2.24, 2.45) is 52.3 Å². The highest BCUT2D eigenvalue weighted by atomic mass is 16.2. The van der Waals surface area contributed by atoms with Gasteiger partial charge in [-0.15, -0.1) is 0 Å². The lowest BCUT2D eigenvalue weighted by Gasteiger charge is -2.29. The van der Waals surface area contributed by atoms with Gasteiger partial charge in [0.25, 0.3) is 0 Å². The predicted molar refractivity (Wildman–Crippen MR) is 274 cm³/mol. The van der Waals surface area contributed by atoms with E-state index >= 15 is 0 Å². The first kappa shape index (κ1) is 66.2. The molecule has 0 rings (SSSR count). The molecule has 0 spiro atoms. The Morgan fingerprint density at radius 3 is 1.27 bits per heavy atom. The summed E-state index contributed by atoms with van der Waals surface area (Å²) in [6, 6.07) is -9.71. The van der Waals surface area contributed by atoms with Crippen LogP contribution in [0.3, 0.4) is 0 Å². The van der Waals surface area contributed by atoms with Crippen molar-refractivity contribution < 1.29 is 47.9 Å². The van der Waals surface area contributed by atoms with Gasteiger partial charge in [0.15, 0.2) is 11.9 Å². The molecule has 0 aromatic rings. The standard InChI is InChI=1S/C46H87N17O10/c1-10-25(6)35(36(49)65)63-39(68)28(9)57-43(72)33(23(2)3)62-42(71)30(17-14-22-55-46(52)53)60-44(73)34(24(4)5)61-38(67)27(8)56-40(69)29(16-11-12-20-47)59-41(70)31(18-19-32(48)64)58-37(66)26(7)15-13-21-54-45(50)51/h23-31,33-35H,10-22,47H2,1-9H3,(H2,48,64)(H2,49,65)(H,56,69)(H,57,72)(H,58,66)(H,59,70)(H,60,73)(H,61,67)(H,62,71)(H,63,68)(H4,50,51,54)(H4,52,53,55)/t25-,26-,27-,28-,29-,30-,31-,33-,34-,35-/m0/s1. The topological polar surface area (TPSA) is 469 Å². The Balaban J connectivity index is 6.30. The largest absolute Gasteiger partial charge is 0.370 e. The molecule has 27 nitrogen and oxygen atoms in total. The van der Waals surface area contributed by atoms with Crippen LogP contribution in [-0.2, 0) is 47.9 Å². The number of hydrogen-bond donors (Lipinski definition) is 17. The lowest BCUT2D eigenvalue weighted by Crippen LogP contribution is -2.61. The first-order valence-corrected chi connectivity index (χ1v) is 24.9. The molecule has 0 unspecified atom stereocenters. The average Bonchev–Trinajstić information content (AvgIpc) is 3.30. The fourth-order valence-electron chi connectivity index (χ4n) is 7.08. The second kappa shape index (κ2) is 34.5. The Kier molecular flexibility index (Phi) is 31.3. The van der Waals surface area contributed by atoms with E-state index in [0.717, 1.165) is 0 Å². The minimum atomic E-state index is -1.30. The first-order chi connectivity index (χ1) is 34.1. The summed E-state index contributed by atoms with van der Waals surface area (Å²) in [6.07, 6.45) is 2.07.